The Bertz CT molecular complexity index is 454. The lowest BCUT2D eigenvalue weighted by Crippen LogP contribution is -2.36. The van der Waals surface area contributed by atoms with Gasteiger partial charge < -0.3 is 10.6 Å². The van der Waals surface area contributed by atoms with Crippen LogP contribution >= 0.6 is 11.3 Å². The van der Waals surface area contributed by atoms with Crippen LogP contribution in [0.5, 0.6) is 0 Å². The summed E-state index contributed by atoms with van der Waals surface area (Å²) < 4.78 is 0. The largest absolute Gasteiger partial charge is 0.351 e. The third-order valence-electron chi connectivity index (χ3n) is 2.99. The molecule has 0 radical (unpaired) electrons. The molecule has 1 aliphatic carbocycles. The van der Waals surface area contributed by atoms with Crippen LogP contribution in [0, 0.1) is 0 Å². The Morgan fingerprint density at radius 2 is 2.16 bits per heavy atom. The van der Waals surface area contributed by atoms with E-state index < -0.39 is 0 Å². The molecule has 7 heteroatoms. The monoisotopic (exact) mass is 282 g/mol. The highest BCUT2D eigenvalue weighted by atomic mass is 32.1. The number of anilines is 1. The Kier molecular flexibility index (Phi) is 4.73. The number of nitrogens with one attached hydrogen (secondary N) is 3. The SMILES string of the molecule is CCNC(=O)c1csc(NC(=O)NC2CCCC2)n1. The quantitative estimate of drug-likeness (QED) is 0.789. The zero-order valence-corrected chi connectivity index (χ0v) is 11.7. The van der Waals surface area contributed by atoms with Crippen LogP contribution in [0.15, 0.2) is 5.38 Å². The number of carbonyl (C=O) groups excluding carboxylic acids is 2. The van der Waals surface area contributed by atoms with Gasteiger partial charge in [0, 0.05) is 18.0 Å². The fourth-order valence-electron chi connectivity index (χ4n) is 2.08. The van der Waals surface area contributed by atoms with Crippen LogP contribution in [0.4, 0.5) is 9.93 Å². The summed E-state index contributed by atoms with van der Waals surface area (Å²) in [7, 11) is 0. The number of thiazole rings is 1. The molecule has 1 aliphatic rings. The molecule has 0 atom stereocenters. The van der Waals surface area contributed by atoms with Gasteiger partial charge in [-0.05, 0) is 19.8 Å². The Morgan fingerprint density at radius 1 is 1.42 bits per heavy atom. The van der Waals surface area contributed by atoms with E-state index in [1.54, 1.807) is 5.38 Å². The molecule has 0 aliphatic heterocycles. The topological polar surface area (TPSA) is 83.1 Å². The summed E-state index contributed by atoms with van der Waals surface area (Å²) in [6, 6.07) is 0.0199. The first-order valence-corrected chi connectivity index (χ1v) is 7.38. The molecule has 0 bridgehead atoms. The van der Waals surface area contributed by atoms with Crippen molar-refractivity contribution in [3.8, 4) is 0 Å². The van der Waals surface area contributed by atoms with Gasteiger partial charge in [0.1, 0.15) is 5.69 Å². The summed E-state index contributed by atoms with van der Waals surface area (Å²) in [4.78, 5) is 27.3. The van der Waals surface area contributed by atoms with Gasteiger partial charge in [-0.25, -0.2) is 9.78 Å². The second-order valence-corrected chi connectivity index (χ2v) is 5.34. The lowest BCUT2D eigenvalue weighted by molar-refractivity contribution is 0.0951. The Labute approximate surface area is 116 Å². The number of aromatic nitrogens is 1. The molecule has 2 rings (SSSR count). The molecule has 1 heterocycles. The molecule has 0 spiro atoms. The molecule has 1 fully saturated rings. The summed E-state index contributed by atoms with van der Waals surface area (Å²) in [5.41, 5.74) is 0.336. The van der Waals surface area contributed by atoms with Crippen LogP contribution in [0.25, 0.3) is 0 Å². The van der Waals surface area contributed by atoms with Crippen molar-refractivity contribution in [1.29, 1.82) is 0 Å². The average molecular weight is 282 g/mol. The van der Waals surface area contributed by atoms with Crippen molar-refractivity contribution in [1.82, 2.24) is 15.6 Å². The Balaban J connectivity index is 1.85. The summed E-state index contributed by atoms with van der Waals surface area (Å²) in [5.74, 6) is -0.219. The summed E-state index contributed by atoms with van der Waals surface area (Å²) in [5, 5.41) is 10.3. The third kappa shape index (κ3) is 3.92. The molecular weight excluding hydrogens is 264 g/mol. The van der Waals surface area contributed by atoms with Crippen LogP contribution < -0.4 is 16.0 Å². The van der Waals surface area contributed by atoms with Gasteiger partial charge in [0.05, 0.1) is 0 Å². The Morgan fingerprint density at radius 3 is 2.84 bits per heavy atom. The zero-order chi connectivity index (χ0) is 13.7. The lowest BCUT2D eigenvalue weighted by Gasteiger charge is -2.11. The van der Waals surface area contributed by atoms with Crippen molar-refractivity contribution in [2.75, 3.05) is 11.9 Å². The molecule has 3 N–H and O–H groups in total. The first-order valence-electron chi connectivity index (χ1n) is 6.50. The van der Waals surface area contributed by atoms with Crippen molar-refractivity contribution in [3.63, 3.8) is 0 Å². The van der Waals surface area contributed by atoms with E-state index >= 15 is 0 Å². The van der Waals surface area contributed by atoms with Gasteiger partial charge in [0.2, 0.25) is 0 Å². The number of hydrogen-bond donors (Lipinski definition) is 3. The molecular formula is C12H18N4O2S. The lowest BCUT2D eigenvalue weighted by atomic mass is 10.3. The van der Waals surface area contributed by atoms with E-state index in [9.17, 15) is 9.59 Å². The standard InChI is InChI=1S/C12H18N4O2S/c1-2-13-10(17)9-7-19-12(15-9)16-11(18)14-8-5-3-4-6-8/h7-8H,2-6H2,1H3,(H,13,17)(H2,14,15,16,18). The van der Waals surface area contributed by atoms with E-state index in [0.717, 1.165) is 12.8 Å². The van der Waals surface area contributed by atoms with E-state index in [0.29, 0.717) is 17.4 Å². The number of urea groups is 1. The smallest absolute Gasteiger partial charge is 0.321 e. The van der Waals surface area contributed by atoms with Gasteiger partial charge in [0.15, 0.2) is 5.13 Å². The first-order chi connectivity index (χ1) is 9.19. The highest BCUT2D eigenvalue weighted by Crippen LogP contribution is 2.18. The van der Waals surface area contributed by atoms with Gasteiger partial charge in [-0.1, -0.05) is 12.8 Å². The molecule has 6 nitrogen and oxygen atoms in total. The van der Waals surface area contributed by atoms with Crippen molar-refractivity contribution in [2.45, 2.75) is 38.6 Å². The average Bonchev–Trinajstić information content (AvgIpc) is 3.00. The number of nitrogens with zero attached hydrogens (tertiary/aromatic N) is 1. The van der Waals surface area contributed by atoms with E-state index in [4.69, 9.17) is 0 Å². The molecule has 1 aromatic heterocycles. The van der Waals surface area contributed by atoms with E-state index in [2.05, 4.69) is 20.9 Å². The first kappa shape index (κ1) is 13.8. The zero-order valence-electron chi connectivity index (χ0n) is 10.9. The fourth-order valence-corrected chi connectivity index (χ4v) is 2.76. The summed E-state index contributed by atoms with van der Waals surface area (Å²) >= 11 is 1.25. The second-order valence-electron chi connectivity index (χ2n) is 4.48. The van der Waals surface area contributed by atoms with Crippen LogP contribution in [-0.2, 0) is 0 Å². The van der Waals surface area contributed by atoms with Gasteiger partial charge in [-0.15, -0.1) is 11.3 Å². The van der Waals surface area contributed by atoms with E-state index in [-0.39, 0.29) is 18.0 Å². The third-order valence-corrected chi connectivity index (χ3v) is 3.74. The van der Waals surface area contributed by atoms with Crippen molar-refractivity contribution >= 4 is 28.4 Å². The summed E-state index contributed by atoms with van der Waals surface area (Å²) in [6.07, 6.45) is 4.41. The predicted octanol–water partition coefficient (Wildman–Crippen LogP) is 1.96. The van der Waals surface area contributed by atoms with Crippen LogP contribution in [0.3, 0.4) is 0 Å². The minimum atomic E-state index is -0.247. The maximum absolute atomic E-state index is 11.7. The molecule has 0 unspecified atom stereocenters. The van der Waals surface area contributed by atoms with Gasteiger partial charge >= 0.3 is 6.03 Å². The van der Waals surface area contributed by atoms with Crippen LogP contribution in [0.2, 0.25) is 0 Å². The van der Waals surface area contributed by atoms with Gasteiger partial charge in [0.25, 0.3) is 5.91 Å². The fraction of sp³-hybridized carbons (Fsp3) is 0.583. The molecule has 1 saturated carbocycles. The maximum atomic E-state index is 11.7. The number of carbonyl (C=O) groups is 2. The highest BCUT2D eigenvalue weighted by molar-refractivity contribution is 7.14. The van der Waals surface area contributed by atoms with Gasteiger partial charge in [-0.3, -0.25) is 10.1 Å². The summed E-state index contributed by atoms with van der Waals surface area (Å²) in [6.45, 7) is 2.40. The van der Waals surface area contributed by atoms with Crippen molar-refractivity contribution < 1.29 is 9.59 Å². The minimum absolute atomic E-state index is 0.219. The van der Waals surface area contributed by atoms with Crippen LogP contribution in [-0.4, -0.2) is 29.5 Å². The highest BCUT2D eigenvalue weighted by Gasteiger charge is 2.18. The molecule has 19 heavy (non-hydrogen) atoms. The number of amides is 3. The van der Waals surface area contributed by atoms with Crippen LogP contribution in [0.1, 0.15) is 43.1 Å². The number of hydrogen-bond acceptors (Lipinski definition) is 4. The predicted molar refractivity (Wildman–Crippen MR) is 74.5 cm³/mol. The molecule has 104 valence electrons. The van der Waals surface area contributed by atoms with E-state index in [1.807, 2.05) is 6.92 Å². The number of rotatable bonds is 4. The van der Waals surface area contributed by atoms with Crippen molar-refractivity contribution in [3.05, 3.63) is 11.1 Å². The molecule has 3 amide bonds. The van der Waals surface area contributed by atoms with Gasteiger partial charge in [-0.2, -0.15) is 0 Å². The maximum Gasteiger partial charge on any atom is 0.321 e. The second kappa shape index (κ2) is 6.51. The molecule has 0 aromatic carbocycles. The molecule has 0 saturated heterocycles. The minimum Gasteiger partial charge on any atom is -0.351 e. The normalized spacial score (nSPS) is 15.2. The van der Waals surface area contributed by atoms with E-state index in [1.165, 1.54) is 24.2 Å². The van der Waals surface area contributed by atoms with Crippen molar-refractivity contribution in [2.24, 2.45) is 0 Å². The Hall–Kier alpha value is -1.63. The molecule has 1 aromatic rings.